The monoisotopic (exact) mass is 606 g/mol. The molecule has 0 saturated heterocycles. The van der Waals surface area contributed by atoms with Crippen LogP contribution in [-0.4, -0.2) is 23.8 Å². The number of carbonyl (C=O) groups excluding carboxylic acids is 1. The van der Waals surface area contributed by atoms with Crippen LogP contribution in [0.4, 0.5) is 4.39 Å². The fourth-order valence-corrected chi connectivity index (χ4v) is 5.98. The van der Waals surface area contributed by atoms with E-state index in [1.807, 2.05) is 37.3 Å². The quantitative estimate of drug-likeness (QED) is 0.233. The summed E-state index contributed by atoms with van der Waals surface area (Å²) in [5.41, 5.74) is 2.27. The van der Waals surface area contributed by atoms with Crippen molar-refractivity contribution in [3.05, 3.63) is 125 Å². The Balaban J connectivity index is 1.55. The molecule has 0 aliphatic carbocycles. The van der Waals surface area contributed by atoms with Gasteiger partial charge in [0, 0.05) is 5.56 Å². The molecular weight excluding hydrogens is 579 g/mol. The highest BCUT2D eigenvalue weighted by Crippen LogP contribution is 2.32. The Morgan fingerprint density at radius 1 is 1.05 bits per heavy atom. The third-order valence-corrected chi connectivity index (χ3v) is 7.97. The van der Waals surface area contributed by atoms with Crippen molar-refractivity contribution in [3.8, 4) is 11.5 Å². The lowest BCUT2D eigenvalue weighted by Gasteiger charge is -2.24. The van der Waals surface area contributed by atoms with E-state index in [9.17, 15) is 14.0 Å². The zero-order valence-electron chi connectivity index (χ0n) is 23.2. The third kappa shape index (κ3) is 5.89. The maximum Gasteiger partial charge on any atom is 0.338 e. The Hall–Kier alpha value is -4.21. The van der Waals surface area contributed by atoms with Gasteiger partial charge < -0.3 is 14.2 Å². The minimum Gasteiger partial charge on any atom is -0.490 e. The molecule has 1 aliphatic heterocycles. The van der Waals surface area contributed by atoms with Gasteiger partial charge >= 0.3 is 5.97 Å². The van der Waals surface area contributed by atoms with Crippen LogP contribution < -0.4 is 24.4 Å². The minimum absolute atomic E-state index is 0.0782. The van der Waals surface area contributed by atoms with Crippen LogP contribution in [0.15, 0.2) is 87.8 Å². The number of hydrogen-bond donors (Lipinski definition) is 0. The lowest BCUT2D eigenvalue weighted by Crippen LogP contribution is -2.39. The van der Waals surface area contributed by atoms with Crippen molar-refractivity contribution in [2.24, 2.45) is 4.99 Å². The molecule has 4 aromatic rings. The molecule has 0 saturated carbocycles. The maximum absolute atomic E-state index is 14.2. The van der Waals surface area contributed by atoms with Crippen molar-refractivity contribution < 1.29 is 23.4 Å². The highest BCUT2D eigenvalue weighted by molar-refractivity contribution is 7.07. The second-order valence-corrected chi connectivity index (χ2v) is 10.8. The van der Waals surface area contributed by atoms with Crippen LogP contribution in [0.2, 0.25) is 5.02 Å². The van der Waals surface area contributed by atoms with Crippen LogP contribution in [0.1, 0.15) is 43.5 Å². The van der Waals surface area contributed by atoms with Gasteiger partial charge in [0.05, 0.1) is 40.1 Å². The first-order valence-corrected chi connectivity index (χ1v) is 14.6. The number of benzene rings is 3. The van der Waals surface area contributed by atoms with E-state index in [-0.39, 0.29) is 29.4 Å². The zero-order chi connectivity index (χ0) is 29.8. The molecule has 0 spiro atoms. The molecule has 5 rings (SSSR count). The van der Waals surface area contributed by atoms with Crippen molar-refractivity contribution in [2.45, 2.75) is 33.4 Å². The van der Waals surface area contributed by atoms with Gasteiger partial charge in [0.2, 0.25) is 0 Å². The van der Waals surface area contributed by atoms with Crippen LogP contribution in [0, 0.1) is 5.82 Å². The molecule has 1 aliphatic rings. The molecular formula is C32H28ClFN2O5S. The Morgan fingerprint density at radius 2 is 1.83 bits per heavy atom. The number of aromatic nitrogens is 1. The van der Waals surface area contributed by atoms with Crippen molar-refractivity contribution in [1.82, 2.24) is 4.57 Å². The molecule has 0 radical (unpaired) electrons. The van der Waals surface area contributed by atoms with Crippen LogP contribution in [0.3, 0.4) is 0 Å². The fraction of sp³-hybridized carbons (Fsp3) is 0.219. The van der Waals surface area contributed by atoms with Crippen LogP contribution >= 0.6 is 22.9 Å². The lowest BCUT2D eigenvalue weighted by molar-refractivity contribution is -0.139. The molecule has 0 amide bonds. The smallest absolute Gasteiger partial charge is 0.338 e. The van der Waals surface area contributed by atoms with E-state index >= 15 is 0 Å². The second kappa shape index (κ2) is 12.8. The maximum atomic E-state index is 14.2. The Bertz CT molecular complexity index is 1830. The van der Waals surface area contributed by atoms with E-state index in [1.54, 1.807) is 48.8 Å². The summed E-state index contributed by atoms with van der Waals surface area (Å²) in [5.74, 6) is -0.110. The summed E-state index contributed by atoms with van der Waals surface area (Å²) in [6, 6.07) is 18.4. The van der Waals surface area contributed by atoms with Gasteiger partial charge in [-0.1, -0.05) is 65.4 Å². The standard InChI is InChI=1S/C32H28ClFN2O5S/c1-4-39-26-16-20(14-15-25(26)41-18-22-23(33)12-9-13-24(22)34)17-27-30(37)36-29(21-10-7-6-8-11-21)28(31(38)40-5-2)19(3)35-32(36)42-27/h6-17,29H,4-5,18H2,1-3H3/b27-17-/t29-/m0/s1. The van der Waals surface area contributed by atoms with E-state index in [2.05, 4.69) is 4.99 Å². The highest BCUT2D eigenvalue weighted by atomic mass is 35.5. The van der Waals surface area contributed by atoms with Crippen molar-refractivity contribution in [1.29, 1.82) is 0 Å². The summed E-state index contributed by atoms with van der Waals surface area (Å²) >= 11 is 7.38. The van der Waals surface area contributed by atoms with Crippen LogP contribution in [0.5, 0.6) is 11.5 Å². The summed E-state index contributed by atoms with van der Waals surface area (Å²) < 4.78 is 33.2. The van der Waals surface area contributed by atoms with E-state index in [1.165, 1.54) is 23.5 Å². The molecule has 10 heteroatoms. The van der Waals surface area contributed by atoms with E-state index in [0.29, 0.717) is 44.3 Å². The second-order valence-electron chi connectivity index (χ2n) is 9.34. The SMILES string of the molecule is CCOC(=O)C1=C(C)N=c2s/c(=C\c3ccc(OCc4c(F)cccc4Cl)c(OCC)c3)c(=O)n2[C@H]1c1ccccc1. The number of halogens is 2. The Kier molecular flexibility index (Phi) is 8.89. The van der Waals surface area contributed by atoms with Gasteiger partial charge in [0.1, 0.15) is 12.4 Å². The first-order valence-electron chi connectivity index (χ1n) is 13.4. The molecule has 216 valence electrons. The van der Waals surface area contributed by atoms with Gasteiger partial charge in [-0.25, -0.2) is 14.2 Å². The Labute approximate surface area is 250 Å². The molecule has 2 heterocycles. The number of nitrogens with zero attached hydrogens (tertiary/aromatic N) is 2. The van der Waals surface area contributed by atoms with Crippen molar-refractivity contribution >= 4 is 35.0 Å². The number of thiazole rings is 1. The van der Waals surface area contributed by atoms with E-state index < -0.39 is 17.8 Å². The first kappa shape index (κ1) is 29.3. The molecule has 1 aromatic heterocycles. The average Bonchev–Trinajstić information content (AvgIpc) is 3.27. The summed E-state index contributed by atoms with van der Waals surface area (Å²) in [7, 11) is 0. The van der Waals surface area contributed by atoms with Gasteiger partial charge in [-0.05, 0) is 62.2 Å². The first-order chi connectivity index (χ1) is 20.3. The topological polar surface area (TPSA) is 79.1 Å². The van der Waals surface area contributed by atoms with Crippen LogP contribution in [0.25, 0.3) is 6.08 Å². The fourth-order valence-electron chi connectivity index (χ4n) is 4.72. The molecule has 3 aromatic carbocycles. The highest BCUT2D eigenvalue weighted by Gasteiger charge is 2.33. The lowest BCUT2D eigenvalue weighted by atomic mass is 9.96. The number of hydrogen-bond acceptors (Lipinski definition) is 7. The predicted octanol–water partition coefficient (Wildman–Crippen LogP) is 5.57. The van der Waals surface area contributed by atoms with Gasteiger partial charge in [0.25, 0.3) is 5.56 Å². The normalized spacial score (nSPS) is 14.8. The number of esters is 1. The number of carbonyl (C=O) groups is 1. The van der Waals surface area contributed by atoms with Gasteiger partial charge in [-0.3, -0.25) is 9.36 Å². The summed E-state index contributed by atoms with van der Waals surface area (Å²) in [5, 5.41) is 0.273. The van der Waals surface area contributed by atoms with Gasteiger partial charge in [0.15, 0.2) is 16.3 Å². The number of allylic oxidation sites excluding steroid dienone is 1. The number of ether oxygens (including phenoxy) is 3. The Morgan fingerprint density at radius 3 is 2.55 bits per heavy atom. The van der Waals surface area contributed by atoms with E-state index in [4.69, 9.17) is 25.8 Å². The largest absolute Gasteiger partial charge is 0.490 e. The molecule has 0 fully saturated rings. The predicted molar refractivity (Wildman–Crippen MR) is 160 cm³/mol. The summed E-state index contributed by atoms with van der Waals surface area (Å²) in [6.45, 7) is 5.83. The van der Waals surface area contributed by atoms with E-state index in [0.717, 1.165) is 5.56 Å². The molecule has 7 nitrogen and oxygen atoms in total. The van der Waals surface area contributed by atoms with Crippen molar-refractivity contribution in [3.63, 3.8) is 0 Å². The summed E-state index contributed by atoms with van der Waals surface area (Å²) in [6.07, 6.45) is 1.75. The molecule has 1 atom stereocenters. The van der Waals surface area contributed by atoms with Crippen LogP contribution in [-0.2, 0) is 16.1 Å². The average molecular weight is 607 g/mol. The molecule has 42 heavy (non-hydrogen) atoms. The summed E-state index contributed by atoms with van der Waals surface area (Å²) in [4.78, 5) is 31.9. The number of rotatable bonds is 9. The molecule has 0 bridgehead atoms. The molecule has 0 N–H and O–H groups in total. The minimum atomic E-state index is -0.677. The van der Waals surface area contributed by atoms with Crippen molar-refractivity contribution in [2.75, 3.05) is 13.2 Å². The molecule has 0 unspecified atom stereocenters. The third-order valence-electron chi connectivity index (χ3n) is 6.63. The van der Waals surface area contributed by atoms with Gasteiger partial charge in [-0.2, -0.15) is 0 Å². The number of fused-ring (bicyclic) bond motifs is 1. The zero-order valence-corrected chi connectivity index (χ0v) is 24.8. The van der Waals surface area contributed by atoms with Gasteiger partial charge in [-0.15, -0.1) is 0 Å².